The van der Waals surface area contributed by atoms with Crippen molar-refractivity contribution in [2.45, 2.75) is 105 Å². The topological polar surface area (TPSA) is 27.7 Å². The quantitative estimate of drug-likeness (QED) is 0.129. The maximum Gasteiger partial charge on any atom is 0.149 e. The maximum absolute atomic E-state index is 4.88. The second-order valence-electron chi connectivity index (χ2n) is 6.62. The first-order chi connectivity index (χ1) is 13.3. The third-order valence-electron chi connectivity index (χ3n) is 4.03. The molecule has 0 saturated heterocycles. The van der Waals surface area contributed by atoms with E-state index >= 15 is 0 Å². The van der Waals surface area contributed by atoms with E-state index in [-0.39, 0.29) is 0 Å². The molecular formula is C24H48O3. The molecule has 0 heterocycles. The highest BCUT2D eigenvalue weighted by Crippen LogP contribution is 2.09. The molecule has 0 atom stereocenters. The van der Waals surface area contributed by atoms with Gasteiger partial charge in [-0.1, -0.05) is 76.7 Å². The van der Waals surface area contributed by atoms with Crippen LogP contribution in [0.4, 0.5) is 0 Å². The van der Waals surface area contributed by atoms with Crippen LogP contribution < -0.4 is 0 Å². The van der Waals surface area contributed by atoms with Crippen molar-refractivity contribution in [1.29, 1.82) is 0 Å². The van der Waals surface area contributed by atoms with Gasteiger partial charge < -0.3 is 14.2 Å². The summed E-state index contributed by atoms with van der Waals surface area (Å²) in [5.41, 5.74) is 0. The molecule has 0 fully saturated rings. The first kappa shape index (κ1) is 28.6. The van der Waals surface area contributed by atoms with E-state index < -0.39 is 0 Å². The molecule has 0 aliphatic heterocycles. The molecule has 0 amide bonds. The third-order valence-corrected chi connectivity index (χ3v) is 4.03. The van der Waals surface area contributed by atoms with Crippen molar-refractivity contribution in [1.82, 2.24) is 0 Å². The predicted octanol–water partition coefficient (Wildman–Crippen LogP) is 7.81. The molecule has 27 heavy (non-hydrogen) atoms. The molecule has 162 valence electrons. The molecule has 3 heteroatoms. The van der Waals surface area contributed by atoms with Gasteiger partial charge in [0.05, 0.1) is 0 Å². The Morgan fingerprint density at radius 3 is 1.37 bits per heavy atom. The van der Waals surface area contributed by atoms with Crippen molar-refractivity contribution < 1.29 is 14.2 Å². The van der Waals surface area contributed by atoms with Crippen molar-refractivity contribution in [3.63, 3.8) is 0 Å². The number of hydrogen-bond acceptors (Lipinski definition) is 3. The van der Waals surface area contributed by atoms with Crippen LogP contribution in [-0.4, -0.2) is 26.8 Å². The smallest absolute Gasteiger partial charge is 0.149 e. The number of allylic oxidation sites excluding steroid dienone is 4. The second kappa shape index (κ2) is 30.1. The Labute approximate surface area is 170 Å². The fourth-order valence-corrected chi connectivity index (χ4v) is 2.39. The first-order valence-electron chi connectivity index (χ1n) is 11.4. The zero-order valence-corrected chi connectivity index (χ0v) is 18.8. The van der Waals surface area contributed by atoms with E-state index in [1.165, 1.54) is 77.0 Å². The SMILES string of the molecule is CCC=CCCCCCCCCC=CCCCC.CCOCOCOCC. The van der Waals surface area contributed by atoms with Crippen molar-refractivity contribution in [3.05, 3.63) is 24.3 Å². The molecule has 0 N–H and O–H groups in total. The minimum Gasteiger partial charge on any atom is -0.356 e. The van der Waals surface area contributed by atoms with Gasteiger partial charge in [0, 0.05) is 13.2 Å². The van der Waals surface area contributed by atoms with E-state index in [1.54, 1.807) is 0 Å². The monoisotopic (exact) mass is 384 g/mol. The molecule has 0 spiro atoms. The summed E-state index contributed by atoms with van der Waals surface area (Å²) in [5.74, 6) is 0. The van der Waals surface area contributed by atoms with Gasteiger partial charge in [-0.25, -0.2) is 0 Å². The molecule has 3 nitrogen and oxygen atoms in total. The molecule has 0 aromatic heterocycles. The third kappa shape index (κ3) is 33.4. The molecular weight excluding hydrogens is 336 g/mol. The number of ether oxygens (including phenoxy) is 3. The highest BCUT2D eigenvalue weighted by Gasteiger charge is 1.90. The average Bonchev–Trinajstić information content (AvgIpc) is 2.69. The van der Waals surface area contributed by atoms with Gasteiger partial charge in [0.25, 0.3) is 0 Å². The van der Waals surface area contributed by atoms with Crippen LogP contribution >= 0.6 is 0 Å². The first-order valence-corrected chi connectivity index (χ1v) is 11.4. The van der Waals surface area contributed by atoms with Crippen LogP contribution in [0.5, 0.6) is 0 Å². The summed E-state index contributed by atoms with van der Waals surface area (Å²) in [5, 5.41) is 0. The zero-order chi connectivity index (χ0) is 20.3. The van der Waals surface area contributed by atoms with Gasteiger partial charge in [-0.2, -0.15) is 0 Å². The number of unbranched alkanes of at least 4 members (excludes halogenated alkanes) is 9. The van der Waals surface area contributed by atoms with Gasteiger partial charge >= 0.3 is 0 Å². The summed E-state index contributed by atoms with van der Waals surface area (Å²) in [6.45, 7) is 10.3. The lowest BCUT2D eigenvalue weighted by atomic mass is 10.1. The van der Waals surface area contributed by atoms with Crippen LogP contribution in [0.1, 0.15) is 105 Å². The van der Waals surface area contributed by atoms with Gasteiger partial charge in [0.1, 0.15) is 13.6 Å². The highest BCUT2D eigenvalue weighted by atomic mass is 16.7. The molecule has 0 aliphatic carbocycles. The maximum atomic E-state index is 4.88. The highest BCUT2D eigenvalue weighted by molar-refractivity contribution is 4.81. The van der Waals surface area contributed by atoms with Crippen LogP contribution in [0.2, 0.25) is 0 Å². The largest absolute Gasteiger partial charge is 0.356 e. The van der Waals surface area contributed by atoms with Crippen LogP contribution in [0.15, 0.2) is 24.3 Å². The molecule has 0 unspecified atom stereocenters. The summed E-state index contributed by atoms with van der Waals surface area (Å²) in [7, 11) is 0. The Morgan fingerprint density at radius 1 is 0.481 bits per heavy atom. The minimum absolute atomic E-state index is 0.330. The van der Waals surface area contributed by atoms with Crippen molar-refractivity contribution in [2.24, 2.45) is 0 Å². The fraction of sp³-hybridized carbons (Fsp3) is 0.833. The molecule has 0 aromatic rings. The Kier molecular flexibility index (Phi) is 31.8. The summed E-state index contributed by atoms with van der Waals surface area (Å²) in [6, 6.07) is 0. The summed E-state index contributed by atoms with van der Waals surface area (Å²) < 4.78 is 14.6. The van der Waals surface area contributed by atoms with E-state index in [4.69, 9.17) is 14.2 Å². The Bertz CT molecular complexity index is 281. The number of hydrogen-bond donors (Lipinski definition) is 0. The molecule has 0 aromatic carbocycles. The van der Waals surface area contributed by atoms with Crippen LogP contribution in [0, 0.1) is 0 Å². The van der Waals surface area contributed by atoms with Gasteiger partial charge in [0.15, 0.2) is 0 Å². The molecule has 0 aliphatic rings. The molecule has 0 rings (SSSR count). The van der Waals surface area contributed by atoms with Crippen molar-refractivity contribution in [3.8, 4) is 0 Å². The van der Waals surface area contributed by atoms with Crippen LogP contribution in [0.25, 0.3) is 0 Å². The molecule has 0 saturated carbocycles. The Morgan fingerprint density at radius 2 is 0.926 bits per heavy atom. The van der Waals surface area contributed by atoms with E-state index in [9.17, 15) is 0 Å². The average molecular weight is 385 g/mol. The summed E-state index contributed by atoms with van der Waals surface area (Å²) in [4.78, 5) is 0. The van der Waals surface area contributed by atoms with E-state index in [2.05, 4.69) is 38.2 Å². The molecule has 0 radical (unpaired) electrons. The second-order valence-corrected chi connectivity index (χ2v) is 6.62. The lowest BCUT2D eigenvalue weighted by Gasteiger charge is -2.02. The summed E-state index contributed by atoms with van der Waals surface area (Å²) >= 11 is 0. The lowest BCUT2D eigenvalue weighted by Crippen LogP contribution is -2.03. The Hall–Kier alpha value is -0.640. The number of rotatable bonds is 19. The van der Waals surface area contributed by atoms with E-state index in [0.717, 1.165) is 0 Å². The van der Waals surface area contributed by atoms with Gasteiger partial charge in [-0.05, 0) is 52.4 Å². The van der Waals surface area contributed by atoms with Crippen molar-refractivity contribution in [2.75, 3.05) is 26.8 Å². The van der Waals surface area contributed by atoms with E-state index in [1.807, 2.05) is 13.8 Å². The normalized spacial score (nSPS) is 11.3. The molecule has 0 bridgehead atoms. The predicted molar refractivity (Wildman–Crippen MR) is 119 cm³/mol. The lowest BCUT2D eigenvalue weighted by molar-refractivity contribution is -0.126. The van der Waals surface area contributed by atoms with Gasteiger partial charge in [0.2, 0.25) is 0 Å². The fourth-order valence-electron chi connectivity index (χ4n) is 2.39. The van der Waals surface area contributed by atoms with Crippen molar-refractivity contribution >= 4 is 0 Å². The Balaban J connectivity index is 0. The van der Waals surface area contributed by atoms with E-state index in [0.29, 0.717) is 26.8 Å². The van der Waals surface area contributed by atoms with Gasteiger partial charge in [-0.15, -0.1) is 0 Å². The van der Waals surface area contributed by atoms with Gasteiger partial charge in [-0.3, -0.25) is 0 Å². The standard InChI is InChI=1S/C18H34.C6H14O3/c1-3-5-7-9-11-13-15-17-18-16-14-12-10-8-6-4-2;1-3-7-5-9-6-8-4-2/h5,7,10,12H,3-4,6,8-9,11,13-18H2,1-2H3;3-6H2,1-2H3. The summed E-state index contributed by atoms with van der Waals surface area (Å²) in [6.07, 6.45) is 25.5. The minimum atomic E-state index is 0.330. The van der Waals surface area contributed by atoms with Crippen LogP contribution in [0.3, 0.4) is 0 Å². The van der Waals surface area contributed by atoms with Crippen LogP contribution in [-0.2, 0) is 14.2 Å². The zero-order valence-electron chi connectivity index (χ0n) is 18.8.